The summed E-state index contributed by atoms with van der Waals surface area (Å²) in [4.78, 5) is 2.42. The molecule has 0 amide bonds. The van der Waals surface area contributed by atoms with Gasteiger partial charge in [-0.05, 0) is 64.8 Å². The highest BCUT2D eigenvalue weighted by Crippen LogP contribution is 2.16. The summed E-state index contributed by atoms with van der Waals surface area (Å²) in [6.07, 6.45) is 4.01. The van der Waals surface area contributed by atoms with Gasteiger partial charge in [-0.3, -0.25) is 0 Å². The van der Waals surface area contributed by atoms with E-state index in [-0.39, 0.29) is 0 Å². The van der Waals surface area contributed by atoms with E-state index in [1.54, 1.807) is 0 Å². The predicted molar refractivity (Wildman–Crippen MR) is 70.7 cm³/mol. The fourth-order valence-corrected chi connectivity index (χ4v) is 2.90. The number of rotatable bonds is 6. The molecule has 0 aliphatic carbocycles. The molecule has 0 aromatic rings. The molecule has 90 valence electrons. The van der Waals surface area contributed by atoms with Gasteiger partial charge in [-0.15, -0.1) is 0 Å². The van der Waals surface area contributed by atoms with Crippen molar-refractivity contribution >= 4 is 11.8 Å². The SMILES string of the molecule is CC(C)N(C)CCCNC1CCSCC1. The highest BCUT2D eigenvalue weighted by atomic mass is 32.2. The minimum absolute atomic E-state index is 0.677. The molecule has 1 aliphatic rings. The van der Waals surface area contributed by atoms with E-state index in [2.05, 4.69) is 42.9 Å². The molecule has 0 bridgehead atoms. The average molecular weight is 230 g/mol. The van der Waals surface area contributed by atoms with Crippen LogP contribution in [0.25, 0.3) is 0 Å². The Morgan fingerprint density at radius 3 is 2.60 bits per heavy atom. The molecule has 15 heavy (non-hydrogen) atoms. The minimum atomic E-state index is 0.677. The number of hydrogen-bond donors (Lipinski definition) is 1. The zero-order valence-electron chi connectivity index (χ0n) is 10.5. The van der Waals surface area contributed by atoms with Gasteiger partial charge in [-0.25, -0.2) is 0 Å². The number of nitrogens with one attached hydrogen (secondary N) is 1. The maximum absolute atomic E-state index is 3.68. The highest BCUT2D eigenvalue weighted by Gasteiger charge is 2.12. The van der Waals surface area contributed by atoms with Gasteiger partial charge in [0, 0.05) is 12.1 Å². The smallest absolute Gasteiger partial charge is 0.00827 e. The molecule has 0 spiro atoms. The molecule has 1 heterocycles. The van der Waals surface area contributed by atoms with Crippen LogP contribution in [0.4, 0.5) is 0 Å². The van der Waals surface area contributed by atoms with Crippen molar-refractivity contribution in [2.45, 2.75) is 45.2 Å². The Morgan fingerprint density at radius 1 is 1.33 bits per heavy atom. The second kappa shape index (κ2) is 7.53. The lowest BCUT2D eigenvalue weighted by Crippen LogP contribution is -2.35. The van der Waals surface area contributed by atoms with Crippen LogP contribution < -0.4 is 5.32 Å². The monoisotopic (exact) mass is 230 g/mol. The van der Waals surface area contributed by atoms with Crippen molar-refractivity contribution in [3.63, 3.8) is 0 Å². The first-order valence-corrected chi connectivity index (χ1v) is 7.37. The van der Waals surface area contributed by atoms with Crippen LogP contribution in [0.5, 0.6) is 0 Å². The Labute approximate surface area is 99.2 Å². The zero-order chi connectivity index (χ0) is 11.1. The maximum Gasteiger partial charge on any atom is 0.00827 e. The van der Waals surface area contributed by atoms with Crippen molar-refractivity contribution in [1.29, 1.82) is 0 Å². The lowest BCUT2D eigenvalue weighted by molar-refractivity contribution is 0.267. The Hall–Kier alpha value is 0.270. The second-order valence-corrected chi connectivity index (χ2v) is 5.99. The van der Waals surface area contributed by atoms with Crippen LogP contribution >= 0.6 is 11.8 Å². The van der Waals surface area contributed by atoms with E-state index in [0.717, 1.165) is 6.04 Å². The first-order chi connectivity index (χ1) is 7.20. The van der Waals surface area contributed by atoms with Crippen LogP contribution in [-0.4, -0.2) is 48.6 Å². The molecule has 1 fully saturated rings. The van der Waals surface area contributed by atoms with Crippen molar-refractivity contribution in [3.05, 3.63) is 0 Å². The van der Waals surface area contributed by atoms with Crippen LogP contribution in [0.15, 0.2) is 0 Å². The second-order valence-electron chi connectivity index (χ2n) is 4.77. The molecule has 0 unspecified atom stereocenters. The molecule has 0 atom stereocenters. The quantitative estimate of drug-likeness (QED) is 0.704. The third kappa shape index (κ3) is 5.79. The molecular weight excluding hydrogens is 204 g/mol. The van der Waals surface area contributed by atoms with E-state index in [1.165, 1.54) is 43.9 Å². The topological polar surface area (TPSA) is 15.3 Å². The Kier molecular flexibility index (Phi) is 6.69. The maximum atomic E-state index is 3.68. The van der Waals surface area contributed by atoms with Gasteiger partial charge >= 0.3 is 0 Å². The van der Waals surface area contributed by atoms with E-state index >= 15 is 0 Å². The van der Waals surface area contributed by atoms with E-state index in [4.69, 9.17) is 0 Å². The molecule has 0 saturated carbocycles. The number of nitrogens with zero attached hydrogens (tertiary/aromatic N) is 1. The van der Waals surface area contributed by atoms with Crippen molar-refractivity contribution < 1.29 is 0 Å². The van der Waals surface area contributed by atoms with E-state index in [0.29, 0.717) is 6.04 Å². The number of thioether (sulfide) groups is 1. The summed E-state index contributed by atoms with van der Waals surface area (Å²) in [6, 6.07) is 1.48. The molecule has 2 nitrogen and oxygen atoms in total. The normalized spacial score (nSPS) is 19.0. The van der Waals surface area contributed by atoms with Crippen molar-refractivity contribution in [3.8, 4) is 0 Å². The van der Waals surface area contributed by atoms with Gasteiger partial charge in [0.15, 0.2) is 0 Å². The standard InChI is InChI=1S/C12H26N2S/c1-11(2)14(3)8-4-7-13-12-5-9-15-10-6-12/h11-13H,4-10H2,1-3H3. The van der Waals surface area contributed by atoms with Crippen molar-refractivity contribution in [2.75, 3.05) is 31.6 Å². The largest absolute Gasteiger partial charge is 0.314 e. The minimum Gasteiger partial charge on any atom is -0.314 e. The van der Waals surface area contributed by atoms with Gasteiger partial charge in [0.05, 0.1) is 0 Å². The summed E-state index contributed by atoms with van der Waals surface area (Å²) < 4.78 is 0. The third-order valence-corrected chi connectivity index (χ3v) is 4.27. The number of hydrogen-bond acceptors (Lipinski definition) is 3. The van der Waals surface area contributed by atoms with Crippen LogP contribution in [0.1, 0.15) is 33.1 Å². The molecule has 3 heteroatoms. The third-order valence-electron chi connectivity index (χ3n) is 3.22. The summed E-state index contributed by atoms with van der Waals surface area (Å²) in [5.41, 5.74) is 0. The molecule has 0 aromatic heterocycles. The summed E-state index contributed by atoms with van der Waals surface area (Å²) in [5, 5.41) is 3.68. The van der Waals surface area contributed by atoms with E-state index in [1.807, 2.05) is 0 Å². The molecule has 1 rings (SSSR count). The molecule has 1 aliphatic heterocycles. The summed E-state index contributed by atoms with van der Waals surface area (Å²) in [7, 11) is 2.21. The highest BCUT2D eigenvalue weighted by molar-refractivity contribution is 7.99. The molecule has 0 radical (unpaired) electrons. The zero-order valence-corrected chi connectivity index (χ0v) is 11.3. The summed E-state index contributed by atoms with van der Waals surface area (Å²) in [6.45, 7) is 6.91. The van der Waals surface area contributed by atoms with E-state index in [9.17, 15) is 0 Å². The van der Waals surface area contributed by atoms with Gasteiger partial charge in [-0.1, -0.05) is 0 Å². The van der Waals surface area contributed by atoms with Crippen molar-refractivity contribution in [1.82, 2.24) is 10.2 Å². The van der Waals surface area contributed by atoms with Gasteiger partial charge < -0.3 is 10.2 Å². The average Bonchev–Trinajstić information content (AvgIpc) is 2.25. The van der Waals surface area contributed by atoms with Crippen molar-refractivity contribution in [2.24, 2.45) is 0 Å². The molecular formula is C12H26N2S. The lowest BCUT2D eigenvalue weighted by atomic mass is 10.1. The van der Waals surface area contributed by atoms with Gasteiger partial charge in [0.1, 0.15) is 0 Å². The first kappa shape index (κ1) is 13.3. The van der Waals surface area contributed by atoms with Crippen LogP contribution in [-0.2, 0) is 0 Å². The fraction of sp³-hybridized carbons (Fsp3) is 1.00. The summed E-state index contributed by atoms with van der Waals surface area (Å²) in [5.74, 6) is 2.70. The molecule has 1 saturated heterocycles. The predicted octanol–water partition coefficient (Wildman–Crippen LogP) is 2.20. The molecule has 0 aromatic carbocycles. The van der Waals surface area contributed by atoms with Gasteiger partial charge in [0.25, 0.3) is 0 Å². The lowest BCUT2D eigenvalue weighted by Gasteiger charge is -2.24. The first-order valence-electron chi connectivity index (χ1n) is 6.21. The van der Waals surface area contributed by atoms with Gasteiger partial charge in [0.2, 0.25) is 0 Å². The van der Waals surface area contributed by atoms with Crippen LogP contribution in [0, 0.1) is 0 Å². The summed E-state index contributed by atoms with van der Waals surface area (Å²) >= 11 is 2.10. The van der Waals surface area contributed by atoms with Crippen LogP contribution in [0.2, 0.25) is 0 Å². The molecule has 1 N–H and O–H groups in total. The Bertz CT molecular complexity index is 156. The van der Waals surface area contributed by atoms with Gasteiger partial charge in [-0.2, -0.15) is 11.8 Å². The fourth-order valence-electron chi connectivity index (χ4n) is 1.79. The Morgan fingerprint density at radius 2 is 2.00 bits per heavy atom. The Balaban J connectivity index is 1.96. The van der Waals surface area contributed by atoms with Crippen LogP contribution in [0.3, 0.4) is 0 Å². The van der Waals surface area contributed by atoms with E-state index < -0.39 is 0 Å².